The molecule has 1 aromatic rings. The fourth-order valence-electron chi connectivity index (χ4n) is 1.26. The number of halogens is 2. The monoisotopic (exact) mass is 233 g/mol. The standard InChI is InChI=1S/C8H9Cl2N3O/c1-2-4-3-14-5-6(9)12-8(10)13-7(5)11-4/h4H,2-3H2,1H3,(H,11,12,13). The number of ether oxygens (including phenoxy) is 1. The molecule has 0 saturated heterocycles. The molecular formula is C8H9Cl2N3O. The van der Waals surface area contributed by atoms with E-state index in [0.29, 0.717) is 18.2 Å². The van der Waals surface area contributed by atoms with Gasteiger partial charge in [-0.25, -0.2) is 4.98 Å². The molecule has 2 rings (SSSR count). The minimum Gasteiger partial charge on any atom is -0.485 e. The number of nitrogens with one attached hydrogen (secondary N) is 1. The molecule has 14 heavy (non-hydrogen) atoms. The van der Waals surface area contributed by atoms with E-state index in [1.807, 2.05) is 0 Å². The molecule has 1 unspecified atom stereocenters. The van der Waals surface area contributed by atoms with Crippen molar-refractivity contribution in [2.45, 2.75) is 19.4 Å². The maximum Gasteiger partial charge on any atom is 0.226 e. The third-order valence-corrected chi connectivity index (χ3v) is 2.48. The van der Waals surface area contributed by atoms with Gasteiger partial charge in [0.2, 0.25) is 5.28 Å². The van der Waals surface area contributed by atoms with Gasteiger partial charge >= 0.3 is 0 Å². The summed E-state index contributed by atoms with van der Waals surface area (Å²) in [5, 5.41) is 3.56. The molecule has 1 aromatic heterocycles. The molecule has 0 amide bonds. The van der Waals surface area contributed by atoms with Crippen LogP contribution < -0.4 is 10.1 Å². The van der Waals surface area contributed by atoms with Crippen molar-refractivity contribution in [2.24, 2.45) is 0 Å². The number of nitrogens with zero attached hydrogens (tertiary/aromatic N) is 2. The van der Waals surface area contributed by atoms with Crippen molar-refractivity contribution in [3.8, 4) is 5.75 Å². The molecule has 6 heteroatoms. The third kappa shape index (κ3) is 1.72. The lowest BCUT2D eigenvalue weighted by molar-refractivity contribution is 0.278. The SMILES string of the molecule is CCC1COc2c(Cl)nc(Cl)nc2N1. The van der Waals surface area contributed by atoms with Crippen LogP contribution in [0.5, 0.6) is 5.75 Å². The summed E-state index contributed by atoms with van der Waals surface area (Å²) >= 11 is 11.5. The summed E-state index contributed by atoms with van der Waals surface area (Å²) < 4.78 is 5.43. The molecule has 0 aliphatic carbocycles. The molecule has 76 valence electrons. The topological polar surface area (TPSA) is 47.0 Å². The number of hydrogen-bond acceptors (Lipinski definition) is 4. The first-order chi connectivity index (χ1) is 6.70. The normalized spacial score (nSPS) is 19.5. The van der Waals surface area contributed by atoms with Gasteiger partial charge in [-0.15, -0.1) is 0 Å². The van der Waals surface area contributed by atoms with Gasteiger partial charge in [-0.05, 0) is 18.0 Å². The Labute approximate surface area is 91.6 Å². The minimum atomic E-state index is 0.126. The first kappa shape index (κ1) is 9.80. The number of fused-ring (bicyclic) bond motifs is 1. The van der Waals surface area contributed by atoms with Gasteiger partial charge in [0, 0.05) is 0 Å². The minimum absolute atomic E-state index is 0.126. The Morgan fingerprint density at radius 3 is 3.00 bits per heavy atom. The summed E-state index contributed by atoms with van der Waals surface area (Å²) in [6.07, 6.45) is 0.957. The van der Waals surface area contributed by atoms with Gasteiger partial charge in [0.05, 0.1) is 6.04 Å². The van der Waals surface area contributed by atoms with Crippen LogP contribution >= 0.6 is 23.2 Å². The van der Waals surface area contributed by atoms with Crippen LogP contribution in [0.2, 0.25) is 10.4 Å². The summed E-state index contributed by atoms with van der Waals surface area (Å²) in [6, 6.07) is 0.254. The molecule has 1 atom stereocenters. The van der Waals surface area contributed by atoms with Crippen molar-refractivity contribution in [3.63, 3.8) is 0 Å². The Balaban J connectivity index is 2.37. The van der Waals surface area contributed by atoms with Gasteiger partial charge in [0.15, 0.2) is 16.7 Å². The number of hydrogen-bond donors (Lipinski definition) is 1. The van der Waals surface area contributed by atoms with Crippen LogP contribution in [-0.2, 0) is 0 Å². The van der Waals surface area contributed by atoms with Gasteiger partial charge in [-0.2, -0.15) is 4.98 Å². The van der Waals surface area contributed by atoms with Crippen LogP contribution in [0.3, 0.4) is 0 Å². The van der Waals surface area contributed by atoms with Crippen LogP contribution in [0, 0.1) is 0 Å². The average Bonchev–Trinajstić information content (AvgIpc) is 2.16. The van der Waals surface area contributed by atoms with Gasteiger partial charge in [-0.3, -0.25) is 0 Å². The van der Waals surface area contributed by atoms with E-state index in [4.69, 9.17) is 27.9 Å². The second-order valence-corrected chi connectivity index (χ2v) is 3.72. The summed E-state index contributed by atoms with van der Waals surface area (Å²) in [7, 11) is 0. The van der Waals surface area contributed by atoms with Crippen LogP contribution in [0.4, 0.5) is 5.82 Å². The molecule has 0 saturated carbocycles. The molecule has 0 aromatic carbocycles. The Bertz CT molecular complexity index is 359. The predicted octanol–water partition coefficient (Wildman–Crippen LogP) is 2.37. The van der Waals surface area contributed by atoms with Crippen molar-refractivity contribution < 1.29 is 4.74 Å². The van der Waals surface area contributed by atoms with E-state index in [0.717, 1.165) is 6.42 Å². The number of aromatic nitrogens is 2. The fraction of sp³-hybridized carbons (Fsp3) is 0.500. The molecule has 0 spiro atoms. The maximum atomic E-state index is 5.84. The second kappa shape index (κ2) is 3.79. The van der Waals surface area contributed by atoms with Crippen LogP contribution in [0.1, 0.15) is 13.3 Å². The molecule has 1 N–H and O–H groups in total. The van der Waals surface area contributed by atoms with Crippen molar-refractivity contribution in [3.05, 3.63) is 10.4 Å². The Hall–Kier alpha value is -0.740. The Morgan fingerprint density at radius 1 is 1.50 bits per heavy atom. The highest BCUT2D eigenvalue weighted by Gasteiger charge is 2.22. The average molecular weight is 234 g/mol. The molecular weight excluding hydrogens is 225 g/mol. The van der Waals surface area contributed by atoms with Crippen LogP contribution in [-0.4, -0.2) is 22.6 Å². The highest BCUT2D eigenvalue weighted by atomic mass is 35.5. The Morgan fingerprint density at radius 2 is 2.29 bits per heavy atom. The van der Waals surface area contributed by atoms with Crippen molar-refractivity contribution >= 4 is 29.0 Å². The van der Waals surface area contributed by atoms with Crippen LogP contribution in [0.25, 0.3) is 0 Å². The highest BCUT2D eigenvalue weighted by Crippen LogP contribution is 2.34. The number of anilines is 1. The zero-order chi connectivity index (χ0) is 10.1. The van der Waals surface area contributed by atoms with Crippen molar-refractivity contribution in [1.82, 2.24) is 9.97 Å². The highest BCUT2D eigenvalue weighted by molar-refractivity contribution is 6.33. The van der Waals surface area contributed by atoms with Gasteiger partial charge < -0.3 is 10.1 Å². The van der Waals surface area contributed by atoms with Gasteiger partial charge in [0.25, 0.3) is 0 Å². The van der Waals surface area contributed by atoms with E-state index in [9.17, 15) is 0 Å². The first-order valence-corrected chi connectivity index (χ1v) is 5.08. The smallest absolute Gasteiger partial charge is 0.226 e. The van der Waals surface area contributed by atoms with Gasteiger partial charge in [0.1, 0.15) is 6.61 Å². The van der Waals surface area contributed by atoms with Gasteiger partial charge in [-0.1, -0.05) is 18.5 Å². The van der Waals surface area contributed by atoms with Crippen LogP contribution in [0.15, 0.2) is 0 Å². The zero-order valence-corrected chi connectivity index (χ0v) is 9.06. The molecule has 1 aliphatic rings. The molecule has 0 fully saturated rings. The second-order valence-electron chi connectivity index (χ2n) is 3.02. The molecule has 4 nitrogen and oxygen atoms in total. The first-order valence-electron chi connectivity index (χ1n) is 4.33. The van der Waals surface area contributed by atoms with Crippen molar-refractivity contribution in [2.75, 3.05) is 11.9 Å². The Kier molecular flexibility index (Phi) is 2.65. The number of rotatable bonds is 1. The third-order valence-electron chi connectivity index (χ3n) is 2.06. The summed E-state index contributed by atoms with van der Waals surface area (Å²) in [6.45, 7) is 2.64. The van der Waals surface area contributed by atoms with E-state index in [1.165, 1.54) is 0 Å². The van der Waals surface area contributed by atoms with E-state index < -0.39 is 0 Å². The predicted molar refractivity (Wildman–Crippen MR) is 55.2 cm³/mol. The molecule has 0 radical (unpaired) electrons. The van der Waals surface area contributed by atoms with E-state index in [1.54, 1.807) is 0 Å². The lowest BCUT2D eigenvalue weighted by Gasteiger charge is -2.25. The summed E-state index contributed by atoms with van der Waals surface area (Å²) in [5.74, 6) is 1.06. The van der Waals surface area contributed by atoms with Crippen molar-refractivity contribution in [1.29, 1.82) is 0 Å². The van der Waals surface area contributed by atoms with E-state index >= 15 is 0 Å². The quantitative estimate of drug-likeness (QED) is 0.598. The summed E-state index contributed by atoms with van der Waals surface area (Å²) in [4.78, 5) is 7.80. The largest absolute Gasteiger partial charge is 0.485 e. The molecule has 0 bridgehead atoms. The maximum absolute atomic E-state index is 5.84. The van der Waals surface area contributed by atoms with E-state index in [-0.39, 0.29) is 16.5 Å². The molecule has 2 heterocycles. The lowest BCUT2D eigenvalue weighted by atomic mass is 10.2. The zero-order valence-electron chi connectivity index (χ0n) is 7.55. The van der Waals surface area contributed by atoms with E-state index in [2.05, 4.69) is 22.2 Å². The fourth-order valence-corrected chi connectivity index (χ4v) is 1.70. The molecule has 1 aliphatic heterocycles. The lowest BCUT2D eigenvalue weighted by Crippen LogP contribution is -2.31. The summed E-state index contributed by atoms with van der Waals surface area (Å²) in [5.41, 5.74) is 0.